The van der Waals surface area contributed by atoms with E-state index in [4.69, 9.17) is 11.6 Å². The highest BCUT2D eigenvalue weighted by Crippen LogP contribution is 1.94. The van der Waals surface area contributed by atoms with E-state index in [0.717, 1.165) is 6.42 Å². The molecule has 0 aromatic heterocycles. The van der Waals surface area contributed by atoms with Crippen LogP contribution in [0.15, 0.2) is 0 Å². The zero-order valence-electron chi connectivity index (χ0n) is 7.55. The summed E-state index contributed by atoms with van der Waals surface area (Å²) in [5.74, 6) is 0.111. The monoisotopic (exact) mass is 227 g/mol. The van der Waals surface area contributed by atoms with Crippen LogP contribution in [0.5, 0.6) is 0 Å². The lowest BCUT2D eigenvalue weighted by molar-refractivity contribution is -0.111. The van der Waals surface area contributed by atoms with Gasteiger partial charge in [0.25, 0.3) is 0 Å². The van der Waals surface area contributed by atoms with Crippen molar-refractivity contribution in [2.75, 3.05) is 12.3 Å². The number of hydrogen-bond donors (Lipinski definition) is 1. The lowest BCUT2D eigenvalue weighted by Crippen LogP contribution is -2.28. The Morgan fingerprint density at radius 3 is 2.54 bits per heavy atom. The predicted octanol–water partition coefficient (Wildman–Crippen LogP) is 0.861. The van der Waals surface area contributed by atoms with Gasteiger partial charge in [0.05, 0.1) is 5.75 Å². The molecule has 0 spiro atoms. The van der Waals surface area contributed by atoms with Crippen LogP contribution in [0.3, 0.4) is 0 Å². The number of carbonyl (C=O) groups excluding carboxylic acids is 1. The molecule has 0 bridgehead atoms. The largest absolute Gasteiger partial charge is 0.281 e. The summed E-state index contributed by atoms with van der Waals surface area (Å²) in [6, 6.07) is 0. The van der Waals surface area contributed by atoms with E-state index >= 15 is 0 Å². The molecule has 0 heterocycles. The molecule has 0 aliphatic heterocycles. The first-order chi connectivity index (χ1) is 5.98. The van der Waals surface area contributed by atoms with Crippen molar-refractivity contribution in [3.8, 4) is 0 Å². The second kappa shape index (κ2) is 6.34. The van der Waals surface area contributed by atoms with Crippen LogP contribution >= 0.6 is 11.6 Å². The van der Waals surface area contributed by atoms with E-state index in [1.165, 1.54) is 0 Å². The van der Waals surface area contributed by atoms with Gasteiger partial charge in [0.1, 0.15) is 0 Å². The van der Waals surface area contributed by atoms with Gasteiger partial charge in [-0.25, -0.2) is 13.1 Å². The normalized spacial score (nSPS) is 11.5. The third-order valence-corrected chi connectivity index (χ3v) is 3.07. The van der Waals surface area contributed by atoms with Gasteiger partial charge < -0.3 is 0 Å². The molecule has 0 aromatic carbocycles. The molecule has 4 nitrogen and oxygen atoms in total. The van der Waals surface area contributed by atoms with Crippen LogP contribution in [-0.2, 0) is 14.8 Å². The summed E-state index contributed by atoms with van der Waals surface area (Å²) in [7, 11) is -3.20. The average molecular weight is 228 g/mol. The molecule has 0 radical (unpaired) electrons. The zero-order chi connectivity index (χ0) is 10.3. The molecule has 0 atom stereocenters. The molecule has 0 rings (SSSR count). The van der Waals surface area contributed by atoms with E-state index < -0.39 is 15.3 Å². The zero-order valence-corrected chi connectivity index (χ0v) is 9.12. The number of hydrogen-bond acceptors (Lipinski definition) is 3. The van der Waals surface area contributed by atoms with E-state index in [1.807, 2.05) is 6.92 Å². The summed E-state index contributed by atoms with van der Waals surface area (Å²) in [5.41, 5.74) is 0. The van der Waals surface area contributed by atoms with Crippen molar-refractivity contribution in [2.24, 2.45) is 0 Å². The van der Waals surface area contributed by atoms with Crippen molar-refractivity contribution in [3.05, 3.63) is 0 Å². The summed E-state index contributed by atoms with van der Waals surface area (Å²) in [4.78, 5) is 10.3. The highest BCUT2D eigenvalue weighted by Gasteiger charge is 2.08. The molecule has 6 heteroatoms. The standard InChI is InChI=1S/C7H14ClNO3S/c1-2-3-6-13(11,12)9-5-4-7(8)10/h9H,2-6H2,1H3. The maximum atomic E-state index is 11.1. The summed E-state index contributed by atoms with van der Waals surface area (Å²) in [6.45, 7) is 2.01. The molecule has 1 N–H and O–H groups in total. The van der Waals surface area contributed by atoms with Crippen LogP contribution in [0.2, 0.25) is 0 Å². The van der Waals surface area contributed by atoms with Crippen molar-refractivity contribution in [3.63, 3.8) is 0 Å². The van der Waals surface area contributed by atoms with Crippen LogP contribution < -0.4 is 4.72 Å². The number of halogens is 1. The maximum absolute atomic E-state index is 11.1. The van der Waals surface area contributed by atoms with Crippen LogP contribution in [0.4, 0.5) is 0 Å². The Balaban J connectivity index is 3.70. The van der Waals surface area contributed by atoms with Crippen molar-refractivity contribution in [1.82, 2.24) is 4.72 Å². The molecule has 0 fully saturated rings. The fraction of sp³-hybridized carbons (Fsp3) is 0.857. The van der Waals surface area contributed by atoms with Crippen LogP contribution in [-0.4, -0.2) is 26.0 Å². The van der Waals surface area contributed by atoms with Crippen molar-refractivity contribution in [1.29, 1.82) is 0 Å². The first-order valence-corrected chi connectivity index (χ1v) is 6.16. The maximum Gasteiger partial charge on any atom is 0.222 e. The van der Waals surface area contributed by atoms with E-state index in [0.29, 0.717) is 6.42 Å². The first kappa shape index (κ1) is 12.9. The lowest BCUT2D eigenvalue weighted by atomic mass is 10.4. The molecule has 0 aliphatic rings. The molecule has 0 unspecified atom stereocenters. The molecule has 0 saturated carbocycles. The lowest BCUT2D eigenvalue weighted by Gasteiger charge is -2.03. The molecule has 0 amide bonds. The molecule has 78 valence electrons. The fourth-order valence-electron chi connectivity index (χ4n) is 0.711. The predicted molar refractivity (Wildman–Crippen MR) is 52.2 cm³/mol. The SMILES string of the molecule is CCCCS(=O)(=O)NCCC(=O)Cl. The minimum Gasteiger partial charge on any atom is -0.281 e. The molecular weight excluding hydrogens is 214 g/mol. The smallest absolute Gasteiger partial charge is 0.222 e. The molecule has 0 aromatic rings. The van der Waals surface area contributed by atoms with Gasteiger partial charge in [-0.15, -0.1) is 0 Å². The van der Waals surface area contributed by atoms with Crippen LogP contribution in [0.1, 0.15) is 26.2 Å². The van der Waals surface area contributed by atoms with Crippen LogP contribution in [0, 0.1) is 0 Å². The Morgan fingerprint density at radius 2 is 2.08 bits per heavy atom. The van der Waals surface area contributed by atoms with Gasteiger partial charge in [-0.05, 0) is 18.0 Å². The summed E-state index contributed by atoms with van der Waals surface area (Å²) in [6.07, 6.45) is 1.49. The summed E-state index contributed by atoms with van der Waals surface area (Å²) >= 11 is 5.04. The Labute approximate surface area is 83.7 Å². The number of sulfonamides is 1. The number of carbonyl (C=O) groups is 1. The second-order valence-electron chi connectivity index (χ2n) is 2.67. The Hall–Kier alpha value is -0.130. The van der Waals surface area contributed by atoms with Crippen molar-refractivity contribution >= 4 is 26.9 Å². The van der Waals surface area contributed by atoms with Gasteiger partial charge in [-0.2, -0.15) is 0 Å². The van der Waals surface area contributed by atoms with Gasteiger partial charge in [0.15, 0.2) is 0 Å². The summed E-state index contributed by atoms with van der Waals surface area (Å²) in [5, 5.41) is -0.529. The number of nitrogens with one attached hydrogen (secondary N) is 1. The van der Waals surface area contributed by atoms with E-state index in [-0.39, 0.29) is 18.7 Å². The van der Waals surface area contributed by atoms with Gasteiger partial charge in [0.2, 0.25) is 15.3 Å². The van der Waals surface area contributed by atoms with E-state index in [2.05, 4.69) is 4.72 Å². The second-order valence-corrected chi connectivity index (χ2v) is 5.02. The minimum atomic E-state index is -3.20. The molecular formula is C7H14ClNO3S. The topological polar surface area (TPSA) is 63.2 Å². The van der Waals surface area contributed by atoms with E-state index in [9.17, 15) is 13.2 Å². The third kappa shape index (κ3) is 8.21. The van der Waals surface area contributed by atoms with Gasteiger partial charge in [0, 0.05) is 13.0 Å². The third-order valence-electron chi connectivity index (χ3n) is 1.41. The first-order valence-electron chi connectivity index (χ1n) is 4.13. The highest BCUT2D eigenvalue weighted by molar-refractivity contribution is 7.89. The Kier molecular flexibility index (Phi) is 6.28. The fourth-order valence-corrected chi connectivity index (χ4v) is 2.03. The van der Waals surface area contributed by atoms with Gasteiger partial charge in [-0.1, -0.05) is 13.3 Å². The average Bonchev–Trinajstić information content (AvgIpc) is 2.00. The van der Waals surface area contributed by atoms with Crippen molar-refractivity contribution in [2.45, 2.75) is 26.2 Å². The highest BCUT2D eigenvalue weighted by atomic mass is 35.5. The Morgan fingerprint density at radius 1 is 1.46 bits per heavy atom. The van der Waals surface area contributed by atoms with Crippen LogP contribution in [0.25, 0.3) is 0 Å². The minimum absolute atomic E-state index is 0.0346. The Bertz CT molecular complexity index is 250. The van der Waals surface area contributed by atoms with E-state index in [1.54, 1.807) is 0 Å². The molecule has 0 aliphatic carbocycles. The van der Waals surface area contributed by atoms with Gasteiger partial charge in [-0.3, -0.25) is 4.79 Å². The molecule has 0 saturated heterocycles. The summed E-state index contributed by atoms with van der Waals surface area (Å²) < 4.78 is 24.5. The molecule has 13 heavy (non-hydrogen) atoms. The number of rotatable bonds is 7. The van der Waals surface area contributed by atoms with Crippen molar-refractivity contribution < 1.29 is 13.2 Å². The number of unbranched alkanes of at least 4 members (excludes halogenated alkanes) is 1. The quantitative estimate of drug-likeness (QED) is 0.657. The van der Waals surface area contributed by atoms with Gasteiger partial charge >= 0.3 is 0 Å².